The molecular weight excluding hydrogens is 608 g/mol. The zero-order valence-corrected chi connectivity index (χ0v) is 28.6. The molecule has 1 unspecified atom stereocenters. The molecule has 0 aromatic heterocycles. The smallest absolute Gasteiger partial charge is 0.308 e. The minimum absolute atomic E-state index is 0.00516. The van der Waals surface area contributed by atoms with Gasteiger partial charge in [0.1, 0.15) is 13.2 Å². The minimum Gasteiger partial charge on any atom is -0.463 e. The van der Waals surface area contributed by atoms with Gasteiger partial charge in [0.15, 0.2) is 0 Å². The number of aliphatic hydroxyl groups excluding tert-OH is 1. The number of carbonyl (C=O) groups is 1. The molecule has 0 heterocycles. The Morgan fingerprint density at radius 2 is 0.804 bits per heavy atom. The summed E-state index contributed by atoms with van der Waals surface area (Å²) in [5, 5.41) is 8.65. The predicted molar refractivity (Wildman–Crippen MR) is 170 cm³/mol. The van der Waals surface area contributed by atoms with Crippen molar-refractivity contribution in [3.8, 4) is 0 Å². The zero-order chi connectivity index (χ0) is 33.4. The molecule has 0 saturated carbocycles. The second-order valence-electron chi connectivity index (χ2n) is 10.0. The van der Waals surface area contributed by atoms with Crippen molar-refractivity contribution in [3.63, 3.8) is 0 Å². The summed E-state index contributed by atoms with van der Waals surface area (Å²) < 4.78 is 54.3. The van der Waals surface area contributed by atoms with Gasteiger partial charge in [-0.1, -0.05) is 26.7 Å². The van der Waals surface area contributed by atoms with Crippen LogP contribution in [0.15, 0.2) is 0 Å². The van der Waals surface area contributed by atoms with E-state index in [-0.39, 0.29) is 25.1 Å². The molecule has 0 radical (unpaired) electrons. The fourth-order valence-corrected chi connectivity index (χ4v) is 3.60. The highest BCUT2D eigenvalue weighted by molar-refractivity contribution is 5.72. The molecule has 14 nitrogen and oxygen atoms in total. The van der Waals surface area contributed by atoms with Gasteiger partial charge in [0, 0.05) is 6.61 Å². The van der Waals surface area contributed by atoms with Crippen molar-refractivity contribution in [2.75, 3.05) is 145 Å². The first-order chi connectivity index (χ1) is 22.8. The largest absolute Gasteiger partial charge is 0.463 e. The van der Waals surface area contributed by atoms with Crippen LogP contribution in [-0.4, -0.2) is 156 Å². The Kier molecular flexibility index (Phi) is 39.3. The third-order valence-electron chi connectivity index (χ3n) is 6.21. The number of ether oxygens (including phenoxy) is 10. The van der Waals surface area contributed by atoms with E-state index < -0.39 is 0 Å². The lowest BCUT2D eigenvalue weighted by Gasteiger charge is -2.13. The maximum absolute atomic E-state index is 12.0. The van der Waals surface area contributed by atoms with E-state index in [0.29, 0.717) is 139 Å². The highest BCUT2D eigenvalue weighted by Gasteiger charge is 2.16. The number of rotatable bonds is 40. The summed E-state index contributed by atoms with van der Waals surface area (Å²) in [5.74, 6) is -0.127. The van der Waals surface area contributed by atoms with Crippen LogP contribution in [0, 0.1) is 5.92 Å². The summed E-state index contributed by atoms with van der Waals surface area (Å²) in [7, 11) is 0. The van der Waals surface area contributed by atoms with Crippen molar-refractivity contribution < 1.29 is 67.0 Å². The van der Waals surface area contributed by atoms with Gasteiger partial charge in [-0.25, -0.2) is 9.78 Å². The van der Waals surface area contributed by atoms with E-state index in [4.69, 9.17) is 62.3 Å². The summed E-state index contributed by atoms with van der Waals surface area (Å²) >= 11 is 0. The average molecular weight is 673 g/mol. The van der Waals surface area contributed by atoms with E-state index in [1.54, 1.807) is 0 Å². The predicted octanol–water partition coefficient (Wildman–Crippen LogP) is 2.62. The summed E-state index contributed by atoms with van der Waals surface area (Å²) in [6, 6.07) is 0. The molecule has 1 N–H and O–H groups in total. The van der Waals surface area contributed by atoms with Crippen molar-refractivity contribution in [3.05, 3.63) is 0 Å². The quantitative estimate of drug-likeness (QED) is 0.0440. The van der Waals surface area contributed by atoms with Crippen LogP contribution >= 0.6 is 0 Å². The highest BCUT2D eigenvalue weighted by atomic mass is 17.2. The molecule has 0 rings (SSSR count). The Labute approximate surface area is 276 Å². The van der Waals surface area contributed by atoms with Crippen LogP contribution in [0.1, 0.15) is 52.4 Å². The lowest BCUT2D eigenvalue weighted by atomic mass is 10.00. The van der Waals surface area contributed by atoms with Crippen LogP contribution in [0.5, 0.6) is 0 Å². The Morgan fingerprint density at radius 3 is 1.15 bits per heavy atom. The molecule has 0 aliphatic carbocycles. The lowest BCUT2D eigenvalue weighted by Crippen LogP contribution is -2.20. The van der Waals surface area contributed by atoms with Crippen LogP contribution < -0.4 is 0 Å². The van der Waals surface area contributed by atoms with Gasteiger partial charge in [-0.15, -0.1) is 0 Å². The van der Waals surface area contributed by atoms with Crippen LogP contribution in [0.4, 0.5) is 0 Å². The first-order valence-electron chi connectivity index (χ1n) is 17.0. The number of hydrogen-bond donors (Lipinski definition) is 1. The molecular formula is C32H64O14. The SMILES string of the molecule is CCCCC(CC)C(=O)OCCOCCOCCOCCOCCOCCOCCOCCOCCOCCOOCCCCO. The van der Waals surface area contributed by atoms with Gasteiger partial charge in [-0.2, -0.15) is 0 Å². The normalized spacial score (nSPS) is 12.2. The van der Waals surface area contributed by atoms with Crippen molar-refractivity contribution in [2.45, 2.75) is 52.4 Å². The van der Waals surface area contributed by atoms with Crippen LogP contribution in [-0.2, 0) is 61.9 Å². The molecule has 0 saturated heterocycles. The van der Waals surface area contributed by atoms with Gasteiger partial charge in [-0.3, -0.25) is 4.79 Å². The average Bonchev–Trinajstić information content (AvgIpc) is 3.06. The van der Waals surface area contributed by atoms with Crippen molar-refractivity contribution in [2.24, 2.45) is 5.92 Å². The third kappa shape index (κ3) is 35.8. The number of aliphatic hydroxyl groups is 1. The maximum Gasteiger partial charge on any atom is 0.308 e. The molecule has 276 valence electrons. The molecule has 0 spiro atoms. The second kappa shape index (κ2) is 40.2. The molecule has 0 amide bonds. The molecule has 0 fully saturated rings. The van der Waals surface area contributed by atoms with Gasteiger partial charge in [-0.05, 0) is 25.7 Å². The Morgan fingerprint density at radius 1 is 0.457 bits per heavy atom. The van der Waals surface area contributed by atoms with E-state index in [0.717, 1.165) is 32.1 Å². The van der Waals surface area contributed by atoms with Crippen molar-refractivity contribution >= 4 is 5.97 Å². The van der Waals surface area contributed by atoms with Crippen LogP contribution in [0.25, 0.3) is 0 Å². The second-order valence-corrected chi connectivity index (χ2v) is 10.0. The van der Waals surface area contributed by atoms with Crippen molar-refractivity contribution in [1.82, 2.24) is 0 Å². The molecule has 0 aliphatic rings. The van der Waals surface area contributed by atoms with Gasteiger partial charge < -0.3 is 52.5 Å². The van der Waals surface area contributed by atoms with E-state index in [9.17, 15) is 4.79 Å². The summed E-state index contributed by atoms with van der Waals surface area (Å²) in [6.07, 6.45) is 5.30. The lowest BCUT2D eigenvalue weighted by molar-refractivity contribution is -0.299. The van der Waals surface area contributed by atoms with E-state index >= 15 is 0 Å². The summed E-state index contributed by atoms with van der Waals surface area (Å²) in [4.78, 5) is 21.9. The van der Waals surface area contributed by atoms with Gasteiger partial charge in [0.05, 0.1) is 131 Å². The molecule has 1 atom stereocenters. The van der Waals surface area contributed by atoms with Crippen molar-refractivity contribution in [1.29, 1.82) is 0 Å². The topological polar surface area (TPSA) is 148 Å². The number of hydrogen-bond acceptors (Lipinski definition) is 14. The first kappa shape index (κ1) is 45.0. The molecule has 46 heavy (non-hydrogen) atoms. The van der Waals surface area contributed by atoms with Gasteiger partial charge in [0.25, 0.3) is 0 Å². The molecule has 0 bridgehead atoms. The van der Waals surface area contributed by atoms with E-state index in [1.807, 2.05) is 6.92 Å². The monoisotopic (exact) mass is 672 g/mol. The third-order valence-corrected chi connectivity index (χ3v) is 6.21. The molecule has 0 aromatic rings. The highest BCUT2D eigenvalue weighted by Crippen LogP contribution is 2.14. The zero-order valence-electron chi connectivity index (χ0n) is 28.6. The van der Waals surface area contributed by atoms with Crippen LogP contribution in [0.2, 0.25) is 0 Å². The Bertz CT molecular complexity index is 587. The Balaban J connectivity index is 3.13. The molecule has 0 aliphatic heterocycles. The van der Waals surface area contributed by atoms with Crippen LogP contribution in [0.3, 0.4) is 0 Å². The standard InChI is InChI=1S/C32H64O14/c1-3-5-8-31(4-2)32(34)44-29-27-42-25-23-40-21-19-38-17-15-36-13-11-35-12-14-37-16-18-39-20-22-41-24-26-43-28-30-46-45-10-7-6-9-33/h31,33H,3-30H2,1-2H3. The van der Waals surface area contributed by atoms with E-state index in [1.165, 1.54) is 0 Å². The number of carbonyl (C=O) groups excluding carboxylic acids is 1. The maximum atomic E-state index is 12.0. The summed E-state index contributed by atoms with van der Waals surface area (Å²) in [6.45, 7) is 14.0. The summed E-state index contributed by atoms with van der Waals surface area (Å²) in [5.41, 5.74) is 0. The minimum atomic E-state index is -0.122. The van der Waals surface area contributed by atoms with Gasteiger partial charge in [0.2, 0.25) is 0 Å². The number of esters is 1. The molecule has 14 heteroatoms. The fourth-order valence-electron chi connectivity index (χ4n) is 3.60. The first-order valence-corrected chi connectivity index (χ1v) is 17.0. The number of unbranched alkanes of at least 4 members (excludes halogenated alkanes) is 2. The van der Waals surface area contributed by atoms with Gasteiger partial charge >= 0.3 is 5.97 Å². The molecule has 0 aromatic carbocycles. The Hall–Kier alpha value is -1.01. The fraction of sp³-hybridized carbons (Fsp3) is 0.969. The van der Waals surface area contributed by atoms with E-state index in [2.05, 4.69) is 6.92 Å².